The van der Waals surface area contributed by atoms with Crippen molar-refractivity contribution in [1.82, 2.24) is 19.3 Å². The van der Waals surface area contributed by atoms with Crippen LogP contribution in [0.1, 0.15) is 22.2 Å². The van der Waals surface area contributed by atoms with Gasteiger partial charge in [0.25, 0.3) is 5.91 Å². The number of hydrogen-bond donors (Lipinski definition) is 0. The molecule has 4 heterocycles. The van der Waals surface area contributed by atoms with Gasteiger partial charge in [-0.15, -0.1) is 0 Å². The summed E-state index contributed by atoms with van der Waals surface area (Å²) in [6, 6.07) is 9.53. The molecule has 3 aromatic rings. The molecule has 0 atom stereocenters. The van der Waals surface area contributed by atoms with E-state index >= 15 is 0 Å². The van der Waals surface area contributed by atoms with E-state index < -0.39 is 10.0 Å². The average Bonchev–Trinajstić information content (AvgIpc) is 3.45. The Labute approximate surface area is 178 Å². The molecule has 162 valence electrons. The Kier molecular flexibility index (Phi) is 5.08. The predicted molar refractivity (Wildman–Crippen MR) is 107 cm³/mol. The first-order valence-corrected chi connectivity index (χ1v) is 11.3. The van der Waals surface area contributed by atoms with Gasteiger partial charge < -0.3 is 18.6 Å². The van der Waals surface area contributed by atoms with Crippen LogP contribution in [0.5, 0.6) is 0 Å². The fourth-order valence-corrected chi connectivity index (χ4v) is 5.00. The minimum atomic E-state index is -3.58. The highest BCUT2D eigenvalue weighted by Gasteiger charge is 2.36. The summed E-state index contributed by atoms with van der Waals surface area (Å²) in [5, 5.41) is 3.91. The molecule has 2 saturated heterocycles. The summed E-state index contributed by atoms with van der Waals surface area (Å²) in [6.07, 6.45) is 1.53. The number of aromatic nitrogens is 2. The Morgan fingerprint density at radius 2 is 1.81 bits per heavy atom. The van der Waals surface area contributed by atoms with E-state index in [1.807, 2.05) is 0 Å². The molecule has 0 saturated carbocycles. The van der Waals surface area contributed by atoms with Gasteiger partial charge in [-0.05, 0) is 36.4 Å². The second kappa shape index (κ2) is 7.91. The van der Waals surface area contributed by atoms with Gasteiger partial charge in [-0.3, -0.25) is 4.79 Å². The van der Waals surface area contributed by atoms with Gasteiger partial charge in [-0.1, -0.05) is 5.16 Å². The van der Waals surface area contributed by atoms with Gasteiger partial charge in [0, 0.05) is 31.7 Å². The Hall–Kier alpha value is -3.02. The van der Waals surface area contributed by atoms with Crippen molar-refractivity contribution in [3.05, 3.63) is 54.1 Å². The summed E-state index contributed by atoms with van der Waals surface area (Å²) >= 11 is 0. The van der Waals surface area contributed by atoms with Gasteiger partial charge in [0.05, 0.1) is 30.3 Å². The average molecular weight is 444 g/mol. The van der Waals surface area contributed by atoms with Crippen LogP contribution in [0.2, 0.25) is 0 Å². The van der Waals surface area contributed by atoms with E-state index in [2.05, 4.69) is 10.1 Å². The van der Waals surface area contributed by atoms with Gasteiger partial charge in [0.15, 0.2) is 5.76 Å². The van der Waals surface area contributed by atoms with Gasteiger partial charge in [0.1, 0.15) is 0 Å². The molecule has 1 amide bonds. The first-order valence-electron chi connectivity index (χ1n) is 9.87. The summed E-state index contributed by atoms with van der Waals surface area (Å²) < 4.78 is 42.6. The van der Waals surface area contributed by atoms with Crippen LogP contribution in [0.3, 0.4) is 0 Å². The second-order valence-corrected chi connectivity index (χ2v) is 9.32. The predicted octanol–water partition coefficient (Wildman–Crippen LogP) is 1.59. The molecule has 2 fully saturated rings. The third kappa shape index (κ3) is 3.75. The highest BCUT2D eigenvalue weighted by Crippen LogP contribution is 2.29. The maximum atomic E-state index is 12.7. The number of amides is 1. The van der Waals surface area contributed by atoms with Crippen molar-refractivity contribution in [1.29, 1.82) is 0 Å². The van der Waals surface area contributed by atoms with E-state index in [4.69, 9.17) is 13.7 Å². The molecular formula is C20H20N4O6S. The number of benzene rings is 1. The van der Waals surface area contributed by atoms with E-state index in [9.17, 15) is 13.2 Å². The molecule has 5 rings (SSSR count). The Morgan fingerprint density at radius 1 is 1.06 bits per heavy atom. The van der Waals surface area contributed by atoms with E-state index in [1.54, 1.807) is 29.2 Å². The molecule has 0 spiro atoms. The monoisotopic (exact) mass is 444 g/mol. The quantitative estimate of drug-likeness (QED) is 0.582. The normalized spacial score (nSPS) is 18.1. The number of morpholine rings is 1. The lowest BCUT2D eigenvalue weighted by atomic mass is 9.99. The highest BCUT2D eigenvalue weighted by atomic mass is 32.2. The number of hydrogen-bond acceptors (Lipinski definition) is 8. The summed E-state index contributed by atoms with van der Waals surface area (Å²) in [4.78, 5) is 18.9. The van der Waals surface area contributed by atoms with Crippen molar-refractivity contribution in [3.63, 3.8) is 0 Å². The Bertz CT molecular complexity index is 1160. The first-order chi connectivity index (χ1) is 15.0. The molecule has 0 unspecified atom stereocenters. The molecule has 1 aromatic carbocycles. The highest BCUT2D eigenvalue weighted by molar-refractivity contribution is 7.89. The van der Waals surface area contributed by atoms with Crippen molar-refractivity contribution in [2.45, 2.75) is 10.8 Å². The van der Waals surface area contributed by atoms with Gasteiger partial charge >= 0.3 is 0 Å². The number of sulfonamides is 1. The summed E-state index contributed by atoms with van der Waals surface area (Å²) in [5.41, 5.74) is 0.432. The van der Waals surface area contributed by atoms with E-state index in [0.717, 1.165) is 0 Å². The van der Waals surface area contributed by atoms with Crippen LogP contribution < -0.4 is 0 Å². The second-order valence-electron chi connectivity index (χ2n) is 7.38. The lowest BCUT2D eigenvalue weighted by molar-refractivity contribution is 0.0569. The molecule has 0 aliphatic carbocycles. The maximum Gasteiger partial charge on any atom is 0.253 e. The first kappa shape index (κ1) is 19.9. The van der Waals surface area contributed by atoms with E-state index in [-0.39, 0.29) is 16.7 Å². The largest absolute Gasteiger partial charge is 0.461 e. The summed E-state index contributed by atoms with van der Waals surface area (Å²) in [7, 11) is -3.58. The van der Waals surface area contributed by atoms with Crippen molar-refractivity contribution in [2.24, 2.45) is 0 Å². The maximum absolute atomic E-state index is 12.7. The zero-order valence-corrected chi connectivity index (χ0v) is 17.3. The SMILES string of the molecule is O=C(c1ccc(S(=O)(=O)N2CCOCC2)cc1)N1CC(c2nc(-c3ccco3)no2)C1. The summed E-state index contributed by atoms with van der Waals surface area (Å²) in [5.74, 6) is 1.15. The topological polar surface area (TPSA) is 119 Å². The Morgan fingerprint density at radius 3 is 2.48 bits per heavy atom. The number of carbonyl (C=O) groups is 1. The Balaban J connectivity index is 1.22. The molecule has 0 radical (unpaired) electrons. The fourth-order valence-electron chi connectivity index (χ4n) is 3.60. The van der Waals surface area contributed by atoms with Crippen molar-refractivity contribution >= 4 is 15.9 Å². The van der Waals surface area contributed by atoms with E-state index in [0.29, 0.717) is 62.4 Å². The van der Waals surface area contributed by atoms with Crippen molar-refractivity contribution in [3.8, 4) is 11.6 Å². The molecule has 2 aliphatic heterocycles. The molecule has 11 heteroatoms. The lowest BCUT2D eigenvalue weighted by Crippen LogP contribution is -2.48. The number of ether oxygens (including phenoxy) is 1. The minimum absolute atomic E-state index is 0.0406. The van der Waals surface area contributed by atoms with Crippen LogP contribution in [0.25, 0.3) is 11.6 Å². The number of furan rings is 1. The van der Waals surface area contributed by atoms with Crippen LogP contribution in [0, 0.1) is 0 Å². The third-order valence-electron chi connectivity index (χ3n) is 5.41. The smallest absolute Gasteiger partial charge is 0.253 e. The zero-order chi connectivity index (χ0) is 21.4. The van der Waals surface area contributed by atoms with E-state index in [1.165, 1.54) is 22.7 Å². The zero-order valence-electron chi connectivity index (χ0n) is 16.5. The number of carbonyl (C=O) groups excluding carboxylic acids is 1. The third-order valence-corrected chi connectivity index (χ3v) is 7.32. The molecule has 31 heavy (non-hydrogen) atoms. The van der Waals surface area contributed by atoms with Gasteiger partial charge in [0.2, 0.25) is 21.7 Å². The minimum Gasteiger partial charge on any atom is -0.461 e. The van der Waals surface area contributed by atoms with Crippen LogP contribution >= 0.6 is 0 Å². The molecule has 2 aliphatic rings. The number of likely N-dealkylation sites (tertiary alicyclic amines) is 1. The standard InChI is InChI=1S/C20H20N4O6S/c25-20(14-3-5-16(6-4-14)31(26,27)24-7-10-28-11-8-24)23-12-15(13-23)19-21-18(22-30-19)17-2-1-9-29-17/h1-6,9,15H,7-8,10-13H2. The van der Waals surface area contributed by atoms with Crippen molar-refractivity contribution < 1.29 is 26.9 Å². The molecule has 10 nitrogen and oxygen atoms in total. The van der Waals surface area contributed by atoms with Gasteiger partial charge in [-0.2, -0.15) is 9.29 Å². The molecule has 0 N–H and O–H groups in total. The van der Waals surface area contributed by atoms with Crippen LogP contribution in [-0.2, 0) is 14.8 Å². The number of nitrogens with zero attached hydrogens (tertiary/aromatic N) is 4. The van der Waals surface area contributed by atoms with Crippen molar-refractivity contribution in [2.75, 3.05) is 39.4 Å². The molecular weight excluding hydrogens is 424 g/mol. The van der Waals surface area contributed by atoms with Crippen LogP contribution in [0.4, 0.5) is 0 Å². The fraction of sp³-hybridized carbons (Fsp3) is 0.350. The van der Waals surface area contributed by atoms with Gasteiger partial charge in [-0.25, -0.2) is 8.42 Å². The lowest BCUT2D eigenvalue weighted by Gasteiger charge is -2.37. The number of rotatable bonds is 5. The molecule has 2 aromatic heterocycles. The molecule has 0 bridgehead atoms. The van der Waals surface area contributed by atoms with Crippen LogP contribution in [0.15, 0.2) is 56.5 Å². The summed E-state index contributed by atoms with van der Waals surface area (Å²) in [6.45, 7) is 2.33. The van der Waals surface area contributed by atoms with Crippen LogP contribution in [-0.4, -0.2) is 73.1 Å².